The zero-order valence-electron chi connectivity index (χ0n) is 9.95. The molecule has 0 aromatic heterocycles. The van der Waals surface area contributed by atoms with Gasteiger partial charge in [0.1, 0.15) is 6.10 Å². The van der Waals surface area contributed by atoms with Crippen molar-refractivity contribution in [3.05, 3.63) is 0 Å². The van der Waals surface area contributed by atoms with Gasteiger partial charge in [-0.1, -0.05) is 26.2 Å². The standard InChI is InChI=1S/C12H24O3/c1-3-10-6-4-5-7-12(10)15-9-11(13)8-14-2/h10-13H,3-9H2,1-2H3. The highest BCUT2D eigenvalue weighted by atomic mass is 16.5. The molecule has 1 N–H and O–H groups in total. The van der Waals surface area contributed by atoms with E-state index in [1.54, 1.807) is 7.11 Å². The van der Waals surface area contributed by atoms with E-state index in [0.29, 0.717) is 25.2 Å². The second kappa shape index (κ2) is 7.20. The molecule has 1 fully saturated rings. The Bertz CT molecular complexity index is 161. The van der Waals surface area contributed by atoms with Gasteiger partial charge in [0, 0.05) is 7.11 Å². The number of ether oxygens (including phenoxy) is 2. The summed E-state index contributed by atoms with van der Waals surface area (Å²) in [4.78, 5) is 0. The van der Waals surface area contributed by atoms with Crippen molar-refractivity contribution < 1.29 is 14.6 Å². The van der Waals surface area contributed by atoms with Crippen LogP contribution in [0.4, 0.5) is 0 Å². The van der Waals surface area contributed by atoms with Gasteiger partial charge in [-0.25, -0.2) is 0 Å². The Morgan fingerprint density at radius 3 is 2.67 bits per heavy atom. The van der Waals surface area contributed by atoms with E-state index in [1.807, 2.05) is 0 Å². The van der Waals surface area contributed by atoms with Crippen LogP contribution in [0.25, 0.3) is 0 Å². The lowest BCUT2D eigenvalue weighted by atomic mass is 9.85. The summed E-state index contributed by atoms with van der Waals surface area (Å²) in [6, 6.07) is 0. The monoisotopic (exact) mass is 216 g/mol. The quantitative estimate of drug-likeness (QED) is 0.738. The molecule has 0 bridgehead atoms. The van der Waals surface area contributed by atoms with Crippen LogP contribution in [0.1, 0.15) is 39.0 Å². The lowest BCUT2D eigenvalue weighted by Gasteiger charge is -2.31. The molecule has 1 aliphatic carbocycles. The Morgan fingerprint density at radius 2 is 2.00 bits per heavy atom. The van der Waals surface area contributed by atoms with E-state index in [2.05, 4.69) is 6.92 Å². The minimum atomic E-state index is -0.477. The molecule has 0 amide bonds. The molecule has 1 aliphatic rings. The number of aliphatic hydroxyl groups is 1. The fourth-order valence-corrected chi connectivity index (χ4v) is 2.34. The third kappa shape index (κ3) is 4.49. The largest absolute Gasteiger partial charge is 0.388 e. The van der Waals surface area contributed by atoms with Gasteiger partial charge in [0.25, 0.3) is 0 Å². The van der Waals surface area contributed by atoms with E-state index in [1.165, 1.54) is 25.7 Å². The molecule has 3 nitrogen and oxygen atoms in total. The molecule has 1 saturated carbocycles. The first kappa shape index (κ1) is 12.9. The third-order valence-electron chi connectivity index (χ3n) is 3.23. The van der Waals surface area contributed by atoms with Crippen LogP contribution in [0.15, 0.2) is 0 Å². The molecule has 0 spiro atoms. The van der Waals surface area contributed by atoms with Crippen molar-refractivity contribution in [2.24, 2.45) is 5.92 Å². The highest BCUT2D eigenvalue weighted by Gasteiger charge is 2.24. The molecule has 0 aliphatic heterocycles. The van der Waals surface area contributed by atoms with Gasteiger partial charge in [0.05, 0.1) is 19.3 Å². The van der Waals surface area contributed by atoms with Crippen LogP contribution in [-0.4, -0.2) is 37.6 Å². The minimum absolute atomic E-state index is 0.357. The van der Waals surface area contributed by atoms with E-state index in [-0.39, 0.29) is 0 Å². The van der Waals surface area contributed by atoms with Crippen LogP contribution in [-0.2, 0) is 9.47 Å². The minimum Gasteiger partial charge on any atom is -0.388 e. The number of methoxy groups -OCH3 is 1. The maximum atomic E-state index is 9.49. The first-order chi connectivity index (χ1) is 7.27. The zero-order valence-corrected chi connectivity index (χ0v) is 9.95. The van der Waals surface area contributed by atoms with E-state index < -0.39 is 6.10 Å². The average molecular weight is 216 g/mol. The molecule has 0 radical (unpaired) electrons. The van der Waals surface area contributed by atoms with E-state index in [4.69, 9.17) is 9.47 Å². The predicted molar refractivity (Wildman–Crippen MR) is 59.9 cm³/mol. The molecule has 1 rings (SSSR count). The van der Waals surface area contributed by atoms with Crippen molar-refractivity contribution >= 4 is 0 Å². The van der Waals surface area contributed by atoms with Crippen LogP contribution in [0.2, 0.25) is 0 Å². The molecule has 0 aromatic rings. The number of hydrogen-bond donors (Lipinski definition) is 1. The van der Waals surface area contributed by atoms with E-state index in [9.17, 15) is 5.11 Å². The molecule has 0 saturated heterocycles. The van der Waals surface area contributed by atoms with Gasteiger partial charge in [0.2, 0.25) is 0 Å². The summed E-state index contributed by atoms with van der Waals surface area (Å²) in [6.45, 7) is 3.00. The van der Waals surface area contributed by atoms with Crippen LogP contribution < -0.4 is 0 Å². The topological polar surface area (TPSA) is 38.7 Å². The molecule has 15 heavy (non-hydrogen) atoms. The molecule has 0 aromatic carbocycles. The molecule has 90 valence electrons. The van der Waals surface area contributed by atoms with Crippen LogP contribution in [0.3, 0.4) is 0 Å². The molecule has 3 atom stereocenters. The van der Waals surface area contributed by atoms with E-state index in [0.717, 1.165) is 6.42 Å². The van der Waals surface area contributed by atoms with Crippen molar-refractivity contribution in [2.45, 2.75) is 51.2 Å². The summed E-state index contributed by atoms with van der Waals surface area (Å²) < 4.78 is 10.6. The summed E-state index contributed by atoms with van der Waals surface area (Å²) in [6.07, 6.45) is 6.09. The summed E-state index contributed by atoms with van der Waals surface area (Å²) in [7, 11) is 1.60. The summed E-state index contributed by atoms with van der Waals surface area (Å²) in [5.41, 5.74) is 0. The maximum absolute atomic E-state index is 9.49. The summed E-state index contributed by atoms with van der Waals surface area (Å²) >= 11 is 0. The smallest absolute Gasteiger partial charge is 0.101 e. The molecule has 3 unspecified atom stereocenters. The fourth-order valence-electron chi connectivity index (χ4n) is 2.34. The second-order valence-corrected chi connectivity index (χ2v) is 4.43. The van der Waals surface area contributed by atoms with Crippen LogP contribution >= 0.6 is 0 Å². The normalized spacial score (nSPS) is 29.0. The van der Waals surface area contributed by atoms with Gasteiger partial charge in [-0.2, -0.15) is 0 Å². The average Bonchev–Trinajstić information content (AvgIpc) is 2.27. The first-order valence-corrected chi connectivity index (χ1v) is 6.06. The highest BCUT2D eigenvalue weighted by molar-refractivity contribution is 4.75. The lowest BCUT2D eigenvalue weighted by Crippen LogP contribution is -2.31. The van der Waals surface area contributed by atoms with Crippen LogP contribution in [0.5, 0.6) is 0 Å². The van der Waals surface area contributed by atoms with Crippen molar-refractivity contribution in [2.75, 3.05) is 20.3 Å². The van der Waals surface area contributed by atoms with Gasteiger partial charge in [-0.05, 0) is 18.8 Å². The Kier molecular flexibility index (Phi) is 6.22. The number of aliphatic hydroxyl groups excluding tert-OH is 1. The number of rotatable bonds is 6. The maximum Gasteiger partial charge on any atom is 0.101 e. The van der Waals surface area contributed by atoms with Crippen molar-refractivity contribution in [1.82, 2.24) is 0 Å². The van der Waals surface area contributed by atoms with E-state index >= 15 is 0 Å². The Labute approximate surface area is 92.8 Å². The first-order valence-electron chi connectivity index (χ1n) is 6.06. The van der Waals surface area contributed by atoms with Crippen molar-refractivity contribution in [3.8, 4) is 0 Å². The third-order valence-corrected chi connectivity index (χ3v) is 3.23. The molecule has 0 heterocycles. The van der Waals surface area contributed by atoms with Gasteiger partial charge in [0.15, 0.2) is 0 Å². The fraction of sp³-hybridized carbons (Fsp3) is 1.00. The number of hydrogen-bond acceptors (Lipinski definition) is 3. The Morgan fingerprint density at radius 1 is 1.27 bits per heavy atom. The van der Waals surface area contributed by atoms with Gasteiger partial charge >= 0.3 is 0 Å². The summed E-state index contributed by atoms with van der Waals surface area (Å²) in [5.74, 6) is 0.688. The molecular weight excluding hydrogens is 192 g/mol. The van der Waals surface area contributed by atoms with Gasteiger partial charge < -0.3 is 14.6 Å². The Balaban J connectivity index is 2.22. The van der Waals surface area contributed by atoms with Gasteiger partial charge in [-0.15, -0.1) is 0 Å². The Hall–Kier alpha value is -0.120. The second-order valence-electron chi connectivity index (χ2n) is 4.43. The SMILES string of the molecule is CCC1CCCCC1OCC(O)COC. The zero-order chi connectivity index (χ0) is 11.1. The van der Waals surface area contributed by atoms with Crippen molar-refractivity contribution in [1.29, 1.82) is 0 Å². The lowest BCUT2D eigenvalue weighted by molar-refractivity contribution is -0.0663. The van der Waals surface area contributed by atoms with Crippen LogP contribution in [0, 0.1) is 5.92 Å². The highest BCUT2D eigenvalue weighted by Crippen LogP contribution is 2.29. The molecular formula is C12H24O3. The van der Waals surface area contributed by atoms with Gasteiger partial charge in [-0.3, -0.25) is 0 Å². The molecule has 3 heteroatoms. The summed E-state index contributed by atoms with van der Waals surface area (Å²) in [5, 5.41) is 9.49. The predicted octanol–water partition coefficient (Wildman–Crippen LogP) is 1.98. The van der Waals surface area contributed by atoms with Crippen molar-refractivity contribution in [3.63, 3.8) is 0 Å².